The van der Waals surface area contributed by atoms with E-state index in [0.717, 1.165) is 29.5 Å². The number of rotatable bonds is 7. The molecule has 1 N–H and O–H groups in total. The molecule has 2 bridgehead atoms. The van der Waals surface area contributed by atoms with Crippen LogP contribution in [0.4, 0.5) is 4.79 Å². The van der Waals surface area contributed by atoms with Gasteiger partial charge in [0.05, 0.1) is 18.0 Å². The number of hydrogen-bond donors (Lipinski definition) is 1. The second-order valence-corrected chi connectivity index (χ2v) is 11.3. The highest BCUT2D eigenvalue weighted by Gasteiger charge is 2.55. The summed E-state index contributed by atoms with van der Waals surface area (Å²) in [7, 11) is 0. The summed E-state index contributed by atoms with van der Waals surface area (Å²) in [6.45, 7) is 0.762. The SMILES string of the molecule is O=C(O)[C@@H]1[C@H]2CCC(CN1C(=O)C(c1ccccc1)c1ccccc1)N2C(=O)N(Cc1ccsc1)C1CC1. The molecule has 1 saturated carbocycles. The Morgan fingerprint density at radius 3 is 2.13 bits per heavy atom. The van der Waals surface area contributed by atoms with E-state index in [1.165, 1.54) is 0 Å². The van der Waals surface area contributed by atoms with Gasteiger partial charge in [-0.2, -0.15) is 11.3 Å². The number of fused-ring (bicyclic) bond motifs is 2. The molecule has 3 aliphatic rings. The van der Waals surface area contributed by atoms with Crippen LogP contribution in [0.25, 0.3) is 0 Å². The van der Waals surface area contributed by atoms with Gasteiger partial charge < -0.3 is 19.8 Å². The van der Waals surface area contributed by atoms with E-state index in [2.05, 4.69) is 5.38 Å². The standard InChI is InChI=1S/C30H31N3O4S/c34-28(26(21-7-3-1-4-8-21)22-9-5-2-6-10-22)32-18-24-13-14-25(27(32)29(35)36)33(24)30(37)31(23-11-12-23)17-20-15-16-38-19-20/h1-10,15-16,19,23-27H,11-14,17-18H2,(H,35,36)/t24?,25-,27+/m1/s1. The second kappa shape index (κ2) is 10.3. The lowest BCUT2D eigenvalue weighted by Crippen LogP contribution is -2.67. The molecule has 2 saturated heterocycles. The lowest BCUT2D eigenvalue weighted by Gasteiger charge is -2.47. The quantitative estimate of drug-likeness (QED) is 0.477. The number of urea groups is 1. The predicted octanol–water partition coefficient (Wildman–Crippen LogP) is 4.79. The number of likely N-dealkylation sites (tertiary alicyclic amines) is 1. The summed E-state index contributed by atoms with van der Waals surface area (Å²) >= 11 is 1.61. The third-order valence-electron chi connectivity index (χ3n) is 8.09. The molecule has 0 spiro atoms. The lowest BCUT2D eigenvalue weighted by atomic mass is 9.88. The minimum absolute atomic E-state index is 0.0905. The van der Waals surface area contributed by atoms with Gasteiger partial charge in [-0.3, -0.25) is 4.79 Å². The van der Waals surface area contributed by atoms with Crippen molar-refractivity contribution in [3.05, 3.63) is 94.2 Å². The van der Waals surface area contributed by atoms with E-state index in [-0.39, 0.29) is 30.6 Å². The molecule has 8 heteroatoms. The van der Waals surface area contributed by atoms with Crippen molar-refractivity contribution in [3.63, 3.8) is 0 Å². The highest BCUT2D eigenvalue weighted by Crippen LogP contribution is 2.40. The third-order valence-corrected chi connectivity index (χ3v) is 8.82. The summed E-state index contributed by atoms with van der Waals surface area (Å²) in [5, 5.41) is 14.5. The fourth-order valence-electron chi connectivity index (χ4n) is 6.17. The maximum atomic E-state index is 14.2. The van der Waals surface area contributed by atoms with Crippen LogP contribution in [-0.4, -0.2) is 68.4 Å². The van der Waals surface area contributed by atoms with Gasteiger partial charge in [0.2, 0.25) is 5.91 Å². The van der Waals surface area contributed by atoms with Gasteiger partial charge in [0.25, 0.3) is 0 Å². The van der Waals surface area contributed by atoms with Gasteiger partial charge in [0.1, 0.15) is 6.04 Å². The number of carboxylic acid groups (broad SMARTS) is 1. The summed E-state index contributed by atoms with van der Waals surface area (Å²) < 4.78 is 0. The van der Waals surface area contributed by atoms with Crippen molar-refractivity contribution in [1.29, 1.82) is 0 Å². The molecule has 3 atom stereocenters. The molecular weight excluding hydrogens is 498 g/mol. The largest absolute Gasteiger partial charge is 0.480 e. The van der Waals surface area contributed by atoms with Crippen molar-refractivity contribution in [2.24, 2.45) is 0 Å². The van der Waals surface area contributed by atoms with Crippen LogP contribution in [0.3, 0.4) is 0 Å². The lowest BCUT2D eigenvalue weighted by molar-refractivity contribution is -0.156. The average molecular weight is 530 g/mol. The van der Waals surface area contributed by atoms with Crippen LogP contribution < -0.4 is 0 Å². The minimum atomic E-state index is -1.08. The summed E-state index contributed by atoms with van der Waals surface area (Å²) in [5.41, 5.74) is 2.75. The summed E-state index contributed by atoms with van der Waals surface area (Å²) in [6.07, 6.45) is 3.22. The van der Waals surface area contributed by atoms with Crippen molar-refractivity contribution in [2.75, 3.05) is 6.54 Å². The molecule has 2 aliphatic heterocycles. The van der Waals surface area contributed by atoms with Crippen molar-refractivity contribution in [3.8, 4) is 0 Å². The van der Waals surface area contributed by atoms with Crippen LogP contribution in [0.2, 0.25) is 0 Å². The zero-order valence-electron chi connectivity index (χ0n) is 21.1. The highest BCUT2D eigenvalue weighted by molar-refractivity contribution is 7.07. The normalized spacial score (nSPS) is 22.5. The van der Waals surface area contributed by atoms with Crippen LogP contribution in [0.5, 0.6) is 0 Å². The molecule has 1 aliphatic carbocycles. The Morgan fingerprint density at radius 1 is 0.921 bits per heavy atom. The van der Waals surface area contributed by atoms with E-state index < -0.39 is 24.0 Å². The summed E-state index contributed by atoms with van der Waals surface area (Å²) in [4.78, 5) is 46.2. The zero-order valence-corrected chi connectivity index (χ0v) is 21.9. The Bertz CT molecular complexity index is 1260. The number of benzene rings is 2. The van der Waals surface area contributed by atoms with Gasteiger partial charge in [-0.1, -0.05) is 60.7 Å². The predicted molar refractivity (Wildman–Crippen MR) is 145 cm³/mol. The summed E-state index contributed by atoms with van der Waals surface area (Å²) in [5.74, 6) is -1.89. The first-order valence-electron chi connectivity index (χ1n) is 13.3. The van der Waals surface area contributed by atoms with E-state index >= 15 is 0 Å². The fourth-order valence-corrected chi connectivity index (χ4v) is 6.83. The van der Waals surface area contributed by atoms with Gasteiger partial charge in [-0.25, -0.2) is 9.59 Å². The van der Waals surface area contributed by atoms with Gasteiger partial charge >= 0.3 is 12.0 Å². The molecule has 3 fully saturated rings. The maximum absolute atomic E-state index is 14.2. The molecule has 1 unspecified atom stereocenters. The number of nitrogens with zero attached hydrogens (tertiary/aromatic N) is 3. The van der Waals surface area contributed by atoms with Gasteiger partial charge in [0.15, 0.2) is 0 Å². The molecule has 7 nitrogen and oxygen atoms in total. The first-order valence-corrected chi connectivity index (χ1v) is 14.2. The molecular formula is C30H31N3O4S. The maximum Gasteiger partial charge on any atom is 0.328 e. The number of thiophene rings is 1. The van der Waals surface area contributed by atoms with Crippen molar-refractivity contribution < 1.29 is 19.5 Å². The molecule has 1 aromatic heterocycles. The van der Waals surface area contributed by atoms with Crippen molar-refractivity contribution in [2.45, 2.75) is 62.3 Å². The van der Waals surface area contributed by atoms with E-state index in [0.29, 0.717) is 19.4 Å². The number of carbonyl (C=O) groups excluding carboxylic acids is 2. The monoisotopic (exact) mass is 529 g/mol. The van der Waals surface area contributed by atoms with Crippen LogP contribution in [0, 0.1) is 0 Å². The molecule has 38 heavy (non-hydrogen) atoms. The molecule has 2 aromatic carbocycles. The molecule has 196 valence electrons. The first kappa shape index (κ1) is 24.7. The number of amides is 3. The van der Waals surface area contributed by atoms with Crippen LogP contribution in [0.1, 0.15) is 48.3 Å². The molecule has 3 heterocycles. The fraction of sp³-hybridized carbons (Fsp3) is 0.367. The topological polar surface area (TPSA) is 81.2 Å². The van der Waals surface area contributed by atoms with E-state index in [1.54, 1.807) is 21.1 Å². The Balaban J connectivity index is 1.31. The Kier molecular flexibility index (Phi) is 6.66. The Hall–Kier alpha value is -3.65. The third kappa shape index (κ3) is 4.58. The number of hydrogen-bond acceptors (Lipinski definition) is 4. The van der Waals surface area contributed by atoms with Crippen molar-refractivity contribution in [1.82, 2.24) is 14.7 Å². The van der Waals surface area contributed by atoms with Crippen LogP contribution in [-0.2, 0) is 16.1 Å². The average Bonchev–Trinajstić information content (AvgIpc) is 3.56. The van der Waals surface area contributed by atoms with E-state index in [4.69, 9.17) is 0 Å². The molecule has 0 radical (unpaired) electrons. The number of piperazine rings is 1. The van der Waals surface area contributed by atoms with Gasteiger partial charge in [-0.05, 0) is 59.2 Å². The Morgan fingerprint density at radius 2 is 1.58 bits per heavy atom. The first-order chi connectivity index (χ1) is 18.5. The van der Waals surface area contributed by atoms with Crippen LogP contribution in [0.15, 0.2) is 77.5 Å². The second-order valence-electron chi connectivity index (χ2n) is 10.5. The molecule has 3 aromatic rings. The van der Waals surface area contributed by atoms with Gasteiger partial charge in [-0.15, -0.1) is 0 Å². The van der Waals surface area contributed by atoms with Gasteiger partial charge in [0, 0.05) is 19.1 Å². The van der Waals surface area contributed by atoms with Crippen LogP contribution >= 0.6 is 11.3 Å². The smallest absolute Gasteiger partial charge is 0.328 e. The van der Waals surface area contributed by atoms with E-state index in [9.17, 15) is 19.5 Å². The number of aliphatic carboxylic acids is 1. The summed E-state index contributed by atoms with van der Waals surface area (Å²) in [6, 6.07) is 19.4. The minimum Gasteiger partial charge on any atom is -0.480 e. The molecule has 6 rings (SSSR count). The number of carbonyl (C=O) groups is 3. The molecule has 3 amide bonds. The number of carboxylic acids is 1. The van der Waals surface area contributed by atoms with Crippen molar-refractivity contribution >= 4 is 29.2 Å². The van der Waals surface area contributed by atoms with E-state index in [1.807, 2.05) is 77.0 Å². The zero-order chi connectivity index (χ0) is 26.2. The Labute approximate surface area is 226 Å². The highest BCUT2D eigenvalue weighted by atomic mass is 32.1.